The summed E-state index contributed by atoms with van der Waals surface area (Å²) in [6.45, 7) is 2.49. The van der Waals surface area contributed by atoms with Crippen LogP contribution < -0.4 is 5.32 Å². The van der Waals surface area contributed by atoms with E-state index in [0.29, 0.717) is 17.9 Å². The molecule has 0 radical (unpaired) electrons. The van der Waals surface area contributed by atoms with E-state index in [-0.39, 0.29) is 23.4 Å². The van der Waals surface area contributed by atoms with Crippen molar-refractivity contribution in [1.29, 1.82) is 0 Å². The second kappa shape index (κ2) is 8.49. The number of hydrogen-bond donors (Lipinski definition) is 1. The van der Waals surface area contributed by atoms with Gasteiger partial charge in [0.2, 0.25) is 15.9 Å². The van der Waals surface area contributed by atoms with Gasteiger partial charge in [-0.15, -0.1) is 0 Å². The van der Waals surface area contributed by atoms with Crippen LogP contribution in [-0.4, -0.2) is 42.3 Å². The number of carbonyl (C=O) groups is 1. The number of halogens is 2. The maximum absolute atomic E-state index is 13.7. The number of aromatic nitrogens is 2. The van der Waals surface area contributed by atoms with Gasteiger partial charge in [0.1, 0.15) is 17.5 Å². The largest absolute Gasteiger partial charge is 0.328 e. The molecule has 0 aliphatic rings. The molecule has 1 heterocycles. The Morgan fingerprint density at radius 2 is 1.90 bits per heavy atom. The standard InChI is InChI=1S/C20H22F2N4O3S/c1-4-26-18-8-6-14(30(28,29)25(2)3)12-17(18)23-19(26)9-10-20(27)24-16-11-13(21)5-7-15(16)22/h5-8,11-12H,4,9-10H2,1-3H3,(H,24,27). The predicted octanol–water partition coefficient (Wildman–Crippen LogP) is 3.16. The van der Waals surface area contributed by atoms with Gasteiger partial charge < -0.3 is 9.88 Å². The van der Waals surface area contributed by atoms with Crippen LogP contribution >= 0.6 is 0 Å². The van der Waals surface area contributed by atoms with E-state index in [1.807, 2.05) is 11.5 Å². The maximum Gasteiger partial charge on any atom is 0.242 e. The van der Waals surface area contributed by atoms with Gasteiger partial charge in [-0.1, -0.05) is 0 Å². The Hall–Kier alpha value is -2.85. The van der Waals surface area contributed by atoms with E-state index in [9.17, 15) is 22.0 Å². The second-order valence-electron chi connectivity index (χ2n) is 6.88. The number of sulfonamides is 1. The van der Waals surface area contributed by atoms with Crippen molar-refractivity contribution in [3.05, 3.63) is 53.9 Å². The van der Waals surface area contributed by atoms with Crippen molar-refractivity contribution < 1.29 is 22.0 Å². The van der Waals surface area contributed by atoms with Crippen LogP contribution in [0, 0.1) is 11.6 Å². The molecule has 1 N–H and O–H groups in total. The number of aryl methyl sites for hydroxylation is 2. The molecule has 0 unspecified atom stereocenters. The van der Waals surface area contributed by atoms with Gasteiger partial charge in [-0.25, -0.2) is 26.5 Å². The van der Waals surface area contributed by atoms with Crippen LogP contribution in [0.2, 0.25) is 0 Å². The molecule has 30 heavy (non-hydrogen) atoms. The van der Waals surface area contributed by atoms with E-state index in [0.717, 1.165) is 28.0 Å². The van der Waals surface area contributed by atoms with Crippen LogP contribution in [0.5, 0.6) is 0 Å². The van der Waals surface area contributed by atoms with Crippen molar-refractivity contribution in [2.75, 3.05) is 19.4 Å². The quantitative estimate of drug-likeness (QED) is 0.617. The Balaban J connectivity index is 1.82. The van der Waals surface area contributed by atoms with Gasteiger partial charge in [0, 0.05) is 39.5 Å². The van der Waals surface area contributed by atoms with Crippen LogP contribution in [0.15, 0.2) is 41.3 Å². The number of nitrogens with zero attached hydrogens (tertiary/aromatic N) is 3. The van der Waals surface area contributed by atoms with Gasteiger partial charge >= 0.3 is 0 Å². The molecule has 7 nitrogen and oxygen atoms in total. The lowest BCUT2D eigenvalue weighted by molar-refractivity contribution is -0.116. The fourth-order valence-corrected chi connectivity index (χ4v) is 4.03. The first-order valence-corrected chi connectivity index (χ1v) is 10.7. The normalized spacial score (nSPS) is 11.9. The molecule has 3 aromatic rings. The molecule has 0 atom stereocenters. The Morgan fingerprint density at radius 3 is 2.57 bits per heavy atom. The van der Waals surface area contributed by atoms with Crippen molar-refractivity contribution >= 4 is 32.7 Å². The predicted molar refractivity (Wildman–Crippen MR) is 110 cm³/mol. The van der Waals surface area contributed by atoms with Crippen LogP contribution in [0.25, 0.3) is 11.0 Å². The molecule has 0 aliphatic heterocycles. The van der Waals surface area contributed by atoms with E-state index in [2.05, 4.69) is 10.3 Å². The molecular formula is C20H22F2N4O3S. The molecular weight excluding hydrogens is 414 g/mol. The minimum absolute atomic E-state index is 0.00211. The summed E-state index contributed by atoms with van der Waals surface area (Å²) >= 11 is 0. The van der Waals surface area contributed by atoms with E-state index in [1.165, 1.54) is 26.2 Å². The van der Waals surface area contributed by atoms with E-state index in [1.54, 1.807) is 6.07 Å². The molecule has 1 aromatic heterocycles. The summed E-state index contributed by atoms with van der Waals surface area (Å²) < 4.78 is 54.7. The monoisotopic (exact) mass is 436 g/mol. The number of nitrogens with one attached hydrogen (secondary N) is 1. The summed E-state index contributed by atoms with van der Waals surface area (Å²) in [7, 11) is -0.685. The van der Waals surface area contributed by atoms with E-state index < -0.39 is 27.6 Å². The Bertz CT molecular complexity index is 1210. The summed E-state index contributed by atoms with van der Waals surface area (Å²) in [5.74, 6) is -1.25. The van der Waals surface area contributed by atoms with Crippen molar-refractivity contribution in [3.63, 3.8) is 0 Å². The minimum atomic E-state index is -3.59. The molecule has 160 valence electrons. The molecule has 1 amide bonds. The highest BCUT2D eigenvalue weighted by Crippen LogP contribution is 2.23. The highest BCUT2D eigenvalue weighted by Gasteiger charge is 2.20. The summed E-state index contributed by atoms with van der Waals surface area (Å²) in [5.41, 5.74) is 1.04. The smallest absolute Gasteiger partial charge is 0.242 e. The lowest BCUT2D eigenvalue weighted by Crippen LogP contribution is -2.22. The van der Waals surface area contributed by atoms with Gasteiger partial charge in [0.05, 0.1) is 21.6 Å². The SMILES string of the molecule is CCn1c(CCC(=O)Nc2cc(F)ccc2F)nc2cc(S(=O)(=O)N(C)C)ccc21. The third kappa shape index (κ3) is 4.34. The first-order chi connectivity index (χ1) is 14.1. The lowest BCUT2D eigenvalue weighted by Gasteiger charge is -2.11. The summed E-state index contributed by atoms with van der Waals surface area (Å²) in [6.07, 6.45) is 0.253. The fourth-order valence-electron chi connectivity index (χ4n) is 3.11. The number of hydrogen-bond acceptors (Lipinski definition) is 4. The van der Waals surface area contributed by atoms with Gasteiger partial charge in [0.15, 0.2) is 0 Å². The van der Waals surface area contributed by atoms with Crippen LogP contribution in [-0.2, 0) is 27.8 Å². The Labute approximate surface area is 173 Å². The van der Waals surface area contributed by atoms with Crippen LogP contribution in [0.1, 0.15) is 19.2 Å². The molecule has 2 aromatic carbocycles. The van der Waals surface area contributed by atoms with Crippen LogP contribution in [0.3, 0.4) is 0 Å². The zero-order valence-electron chi connectivity index (χ0n) is 16.8. The van der Waals surface area contributed by atoms with E-state index in [4.69, 9.17) is 0 Å². The van der Waals surface area contributed by atoms with Gasteiger partial charge in [-0.3, -0.25) is 4.79 Å². The topological polar surface area (TPSA) is 84.3 Å². The fraction of sp³-hybridized carbons (Fsp3) is 0.300. The number of amides is 1. The number of rotatable bonds is 7. The van der Waals surface area contributed by atoms with Gasteiger partial charge in [-0.2, -0.15) is 0 Å². The number of carbonyl (C=O) groups excluding carboxylic acids is 1. The zero-order valence-corrected chi connectivity index (χ0v) is 17.6. The average Bonchev–Trinajstić information content (AvgIpc) is 3.05. The molecule has 0 saturated carbocycles. The average molecular weight is 436 g/mol. The van der Waals surface area contributed by atoms with E-state index >= 15 is 0 Å². The van der Waals surface area contributed by atoms with Gasteiger partial charge in [0.25, 0.3) is 0 Å². The summed E-state index contributed by atoms with van der Waals surface area (Å²) in [4.78, 5) is 16.8. The third-order valence-electron chi connectivity index (χ3n) is 4.67. The number of anilines is 1. The Kier molecular flexibility index (Phi) is 6.18. The number of benzene rings is 2. The first-order valence-electron chi connectivity index (χ1n) is 9.30. The molecule has 0 bridgehead atoms. The summed E-state index contributed by atoms with van der Waals surface area (Å²) in [5, 5.41) is 2.36. The van der Waals surface area contributed by atoms with Crippen molar-refractivity contribution in [3.8, 4) is 0 Å². The van der Waals surface area contributed by atoms with Gasteiger partial charge in [-0.05, 0) is 37.3 Å². The lowest BCUT2D eigenvalue weighted by atomic mass is 10.2. The molecule has 0 spiro atoms. The number of imidazole rings is 1. The van der Waals surface area contributed by atoms with Crippen molar-refractivity contribution in [2.24, 2.45) is 0 Å². The first kappa shape index (κ1) is 21.8. The molecule has 10 heteroatoms. The summed E-state index contributed by atoms with van der Waals surface area (Å²) in [6, 6.07) is 7.55. The highest BCUT2D eigenvalue weighted by atomic mass is 32.2. The molecule has 0 aliphatic carbocycles. The zero-order chi connectivity index (χ0) is 22.1. The second-order valence-corrected chi connectivity index (χ2v) is 9.03. The number of fused-ring (bicyclic) bond motifs is 1. The Morgan fingerprint density at radius 1 is 1.17 bits per heavy atom. The third-order valence-corrected chi connectivity index (χ3v) is 6.48. The highest BCUT2D eigenvalue weighted by molar-refractivity contribution is 7.89. The molecule has 0 saturated heterocycles. The van der Waals surface area contributed by atoms with Crippen molar-refractivity contribution in [1.82, 2.24) is 13.9 Å². The minimum Gasteiger partial charge on any atom is -0.328 e. The van der Waals surface area contributed by atoms with Crippen LogP contribution in [0.4, 0.5) is 14.5 Å². The van der Waals surface area contributed by atoms with Crippen molar-refractivity contribution in [2.45, 2.75) is 31.2 Å². The maximum atomic E-state index is 13.7. The molecule has 3 rings (SSSR count). The molecule has 0 fully saturated rings.